The maximum absolute atomic E-state index is 12.9. The Bertz CT molecular complexity index is 769. The van der Waals surface area contributed by atoms with E-state index < -0.39 is 18.1 Å². The van der Waals surface area contributed by atoms with Gasteiger partial charge in [-0.1, -0.05) is 6.42 Å². The highest BCUT2D eigenvalue weighted by Gasteiger charge is 2.42. The number of amides is 1. The van der Waals surface area contributed by atoms with E-state index in [1.165, 1.54) is 6.20 Å². The van der Waals surface area contributed by atoms with E-state index in [0.29, 0.717) is 24.1 Å². The van der Waals surface area contributed by atoms with Gasteiger partial charge in [0.05, 0.1) is 17.7 Å². The highest BCUT2D eigenvalue weighted by Crippen LogP contribution is 2.37. The van der Waals surface area contributed by atoms with Crippen LogP contribution in [-0.4, -0.2) is 32.9 Å². The van der Waals surface area contributed by atoms with Crippen molar-refractivity contribution in [2.75, 3.05) is 0 Å². The van der Waals surface area contributed by atoms with Gasteiger partial charge in [-0.25, -0.2) is 9.67 Å². The number of hydrogen-bond donors (Lipinski definition) is 1. The van der Waals surface area contributed by atoms with Crippen molar-refractivity contribution >= 4 is 16.9 Å². The normalized spacial score (nSPS) is 21.7. The standard InChI is InChI=1S/C17H21F3N4O/c1-10(2)24-15-11(9-22-24)6-12(8-21-15)16(25)23-14-5-3-4-13(7-14)17(18,19)20/h6,8-10,13-14H,3-5,7H2,1-2H3,(H,23,25)/t13-,14+/m0/s1. The van der Waals surface area contributed by atoms with Gasteiger partial charge in [0.2, 0.25) is 0 Å². The van der Waals surface area contributed by atoms with E-state index in [2.05, 4.69) is 15.4 Å². The van der Waals surface area contributed by atoms with Crippen LogP contribution in [0.1, 0.15) is 55.9 Å². The number of nitrogens with one attached hydrogen (secondary N) is 1. The highest BCUT2D eigenvalue weighted by molar-refractivity contribution is 5.97. The summed E-state index contributed by atoms with van der Waals surface area (Å²) < 4.78 is 40.4. The fraction of sp³-hybridized carbons (Fsp3) is 0.588. The van der Waals surface area contributed by atoms with Crippen molar-refractivity contribution in [3.05, 3.63) is 24.0 Å². The minimum atomic E-state index is -4.20. The van der Waals surface area contributed by atoms with Gasteiger partial charge < -0.3 is 5.32 Å². The van der Waals surface area contributed by atoms with Gasteiger partial charge in [0.15, 0.2) is 5.65 Å². The summed E-state index contributed by atoms with van der Waals surface area (Å²) in [6.45, 7) is 3.96. The summed E-state index contributed by atoms with van der Waals surface area (Å²) in [5.41, 5.74) is 1.02. The molecule has 25 heavy (non-hydrogen) atoms. The van der Waals surface area contributed by atoms with Crippen LogP contribution in [0.3, 0.4) is 0 Å². The van der Waals surface area contributed by atoms with Gasteiger partial charge in [0.25, 0.3) is 5.91 Å². The lowest BCUT2D eigenvalue weighted by molar-refractivity contribution is -0.183. The number of carbonyl (C=O) groups is 1. The molecule has 136 valence electrons. The molecule has 2 atom stereocenters. The zero-order chi connectivity index (χ0) is 18.2. The molecule has 0 aliphatic heterocycles. The van der Waals surface area contributed by atoms with E-state index >= 15 is 0 Å². The molecule has 1 saturated carbocycles. The Labute approximate surface area is 143 Å². The Hall–Kier alpha value is -2.12. The van der Waals surface area contributed by atoms with Crippen LogP contribution in [0.15, 0.2) is 18.5 Å². The third kappa shape index (κ3) is 3.77. The number of hydrogen-bond acceptors (Lipinski definition) is 3. The molecule has 0 radical (unpaired) electrons. The summed E-state index contributed by atoms with van der Waals surface area (Å²) in [5.74, 6) is -1.73. The number of pyridine rings is 1. The third-order valence-corrected chi connectivity index (χ3v) is 4.66. The number of halogens is 3. The number of fused-ring (bicyclic) bond motifs is 1. The molecule has 0 aromatic carbocycles. The lowest BCUT2D eigenvalue weighted by atomic mass is 9.85. The van der Waals surface area contributed by atoms with Crippen molar-refractivity contribution in [1.82, 2.24) is 20.1 Å². The molecule has 5 nitrogen and oxygen atoms in total. The summed E-state index contributed by atoms with van der Waals surface area (Å²) in [4.78, 5) is 16.7. The minimum Gasteiger partial charge on any atom is -0.349 e. The monoisotopic (exact) mass is 354 g/mol. The molecule has 0 unspecified atom stereocenters. The van der Waals surface area contributed by atoms with Crippen molar-refractivity contribution in [1.29, 1.82) is 0 Å². The molecule has 2 heterocycles. The molecule has 8 heteroatoms. The van der Waals surface area contributed by atoms with Gasteiger partial charge in [-0.3, -0.25) is 4.79 Å². The first-order valence-corrected chi connectivity index (χ1v) is 8.46. The predicted molar refractivity (Wildman–Crippen MR) is 87.2 cm³/mol. The lowest BCUT2D eigenvalue weighted by Gasteiger charge is -2.31. The molecule has 0 bridgehead atoms. The van der Waals surface area contributed by atoms with E-state index in [-0.39, 0.29) is 24.8 Å². The summed E-state index contributed by atoms with van der Waals surface area (Å²) in [6.07, 6.45) is -0.00218. The van der Waals surface area contributed by atoms with Crippen LogP contribution < -0.4 is 5.32 Å². The second-order valence-corrected chi connectivity index (χ2v) is 6.90. The molecular weight excluding hydrogens is 333 g/mol. The Morgan fingerprint density at radius 1 is 1.32 bits per heavy atom. The number of nitrogens with zero attached hydrogens (tertiary/aromatic N) is 3. The summed E-state index contributed by atoms with van der Waals surface area (Å²) in [7, 11) is 0. The molecule has 0 spiro atoms. The molecule has 1 amide bonds. The Kier molecular flexibility index (Phi) is 4.71. The summed E-state index contributed by atoms with van der Waals surface area (Å²) in [6, 6.07) is 1.36. The fourth-order valence-electron chi connectivity index (χ4n) is 3.33. The SMILES string of the molecule is CC(C)n1ncc2cc(C(=O)N[C@@H]3CCC[C@H](C(F)(F)F)C3)cnc21. The molecule has 0 saturated heterocycles. The maximum Gasteiger partial charge on any atom is 0.391 e. The third-order valence-electron chi connectivity index (χ3n) is 4.66. The summed E-state index contributed by atoms with van der Waals surface area (Å²) in [5, 5.41) is 7.71. The molecule has 3 rings (SSSR count). The predicted octanol–water partition coefficient (Wildman–Crippen LogP) is 3.86. The van der Waals surface area contributed by atoms with E-state index in [0.717, 1.165) is 5.39 Å². The largest absolute Gasteiger partial charge is 0.391 e. The van der Waals surface area contributed by atoms with Gasteiger partial charge in [0.1, 0.15) is 0 Å². The van der Waals surface area contributed by atoms with Crippen LogP contribution in [0, 0.1) is 5.92 Å². The first-order chi connectivity index (χ1) is 11.8. The molecule has 1 aliphatic carbocycles. The zero-order valence-electron chi connectivity index (χ0n) is 14.2. The van der Waals surface area contributed by atoms with Gasteiger partial charge in [0, 0.05) is 23.7 Å². The topological polar surface area (TPSA) is 59.8 Å². The maximum atomic E-state index is 12.9. The Morgan fingerprint density at radius 3 is 2.76 bits per heavy atom. The van der Waals surface area contributed by atoms with Crippen molar-refractivity contribution in [3.63, 3.8) is 0 Å². The Balaban J connectivity index is 1.72. The van der Waals surface area contributed by atoms with Crippen LogP contribution in [0.4, 0.5) is 13.2 Å². The van der Waals surface area contributed by atoms with Crippen LogP contribution in [0.2, 0.25) is 0 Å². The second-order valence-electron chi connectivity index (χ2n) is 6.90. The van der Waals surface area contributed by atoms with E-state index in [1.54, 1.807) is 16.9 Å². The van der Waals surface area contributed by atoms with Crippen molar-refractivity contribution in [2.45, 2.75) is 57.8 Å². The van der Waals surface area contributed by atoms with Crippen molar-refractivity contribution in [3.8, 4) is 0 Å². The average molecular weight is 354 g/mol. The quantitative estimate of drug-likeness (QED) is 0.910. The highest BCUT2D eigenvalue weighted by atomic mass is 19.4. The molecule has 2 aromatic rings. The van der Waals surface area contributed by atoms with E-state index in [4.69, 9.17) is 0 Å². The lowest BCUT2D eigenvalue weighted by Crippen LogP contribution is -2.41. The Morgan fingerprint density at radius 2 is 2.08 bits per heavy atom. The molecule has 1 fully saturated rings. The average Bonchev–Trinajstić information content (AvgIpc) is 2.97. The number of alkyl halides is 3. The van der Waals surface area contributed by atoms with E-state index in [9.17, 15) is 18.0 Å². The minimum absolute atomic E-state index is 0.0593. The van der Waals surface area contributed by atoms with Crippen LogP contribution in [-0.2, 0) is 0 Å². The van der Waals surface area contributed by atoms with Gasteiger partial charge in [-0.15, -0.1) is 0 Å². The van der Waals surface area contributed by atoms with Crippen LogP contribution in [0.25, 0.3) is 11.0 Å². The summed E-state index contributed by atoms with van der Waals surface area (Å²) >= 11 is 0. The number of carbonyl (C=O) groups excluding carboxylic acids is 1. The van der Waals surface area contributed by atoms with Gasteiger partial charge >= 0.3 is 6.18 Å². The molecule has 1 N–H and O–H groups in total. The second kappa shape index (κ2) is 6.65. The van der Waals surface area contributed by atoms with Crippen molar-refractivity contribution in [2.24, 2.45) is 5.92 Å². The first kappa shape index (κ1) is 17.7. The van der Waals surface area contributed by atoms with Crippen LogP contribution >= 0.6 is 0 Å². The van der Waals surface area contributed by atoms with Gasteiger partial charge in [-0.2, -0.15) is 18.3 Å². The molecule has 2 aromatic heterocycles. The van der Waals surface area contributed by atoms with Crippen molar-refractivity contribution < 1.29 is 18.0 Å². The van der Waals surface area contributed by atoms with Gasteiger partial charge in [-0.05, 0) is 39.2 Å². The fourth-order valence-corrected chi connectivity index (χ4v) is 3.33. The molecular formula is C17H21F3N4O. The number of aromatic nitrogens is 3. The zero-order valence-corrected chi connectivity index (χ0v) is 14.2. The van der Waals surface area contributed by atoms with Crippen LogP contribution in [0.5, 0.6) is 0 Å². The smallest absolute Gasteiger partial charge is 0.349 e. The van der Waals surface area contributed by atoms with E-state index in [1.807, 2.05) is 13.8 Å². The molecule has 1 aliphatic rings. The first-order valence-electron chi connectivity index (χ1n) is 8.46. The number of rotatable bonds is 3.